The van der Waals surface area contributed by atoms with Gasteiger partial charge in [0.1, 0.15) is 5.75 Å². The summed E-state index contributed by atoms with van der Waals surface area (Å²) in [5.74, 6) is 0.418. The molecule has 0 aliphatic carbocycles. The Labute approximate surface area is 85.6 Å². The average molecular weight is 214 g/mol. The zero-order chi connectivity index (χ0) is 9.26. The third-order valence-electron chi connectivity index (χ3n) is 1.63. The van der Waals surface area contributed by atoms with Crippen molar-refractivity contribution in [3.63, 3.8) is 0 Å². The van der Waals surface area contributed by atoms with Crippen LogP contribution in [0.5, 0.6) is 5.75 Å². The first kappa shape index (κ1) is 10.3. The number of carbonyl (C=O) groups excluding carboxylic acids is 1. The van der Waals surface area contributed by atoms with Gasteiger partial charge in [-0.2, -0.15) is 5.10 Å². The second kappa shape index (κ2) is 3.97. The molecule has 5 nitrogen and oxygen atoms in total. The zero-order valence-corrected chi connectivity index (χ0v) is 7.88. The predicted octanol–water partition coefficient (Wildman–Crippen LogP) is 1.44. The minimum atomic E-state index is -0.817. The smallest absolute Gasteiger partial charge is 0.409 e. The van der Waals surface area contributed by atoms with Crippen LogP contribution < -0.4 is 10.5 Å². The standard InChI is InChI=1S/C8H7N3O2.ClH/c9-8(12)13-6-1-2-7-5(3-6)4-10-11-7;/h1-4H,(H2,9,12)(H,10,11);1H. The molecule has 0 saturated carbocycles. The van der Waals surface area contributed by atoms with Gasteiger partial charge in [0.05, 0.1) is 11.7 Å². The van der Waals surface area contributed by atoms with Crippen molar-refractivity contribution in [3.8, 4) is 5.75 Å². The Hall–Kier alpha value is -1.75. The summed E-state index contributed by atoms with van der Waals surface area (Å²) in [6.45, 7) is 0. The van der Waals surface area contributed by atoms with E-state index in [-0.39, 0.29) is 12.4 Å². The highest BCUT2D eigenvalue weighted by Crippen LogP contribution is 2.18. The fourth-order valence-electron chi connectivity index (χ4n) is 1.10. The highest BCUT2D eigenvalue weighted by molar-refractivity contribution is 5.85. The van der Waals surface area contributed by atoms with Gasteiger partial charge in [-0.05, 0) is 18.2 Å². The molecule has 0 spiro atoms. The molecule has 0 atom stereocenters. The SMILES string of the molecule is Cl.NC(=O)Oc1ccc2[nH]ncc2c1. The zero-order valence-electron chi connectivity index (χ0n) is 7.06. The quantitative estimate of drug-likeness (QED) is 0.752. The summed E-state index contributed by atoms with van der Waals surface area (Å²) in [7, 11) is 0. The summed E-state index contributed by atoms with van der Waals surface area (Å²) < 4.78 is 4.69. The third-order valence-corrected chi connectivity index (χ3v) is 1.63. The van der Waals surface area contributed by atoms with Crippen molar-refractivity contribution in [1.29, 1.82) is 0 Å². The van der Waals surface area contributed by atoms with Crippen LogP contribution in [0.15, 0.2) is 24.4 Å². The first-order valence-electron chi connectivity index (χ1n) is 3.66. The van der Waals surface area contributed by atoms with Gasteiger partial charge >= 0.3 is 6.09 Å². The van der Waals surface area contributed by atoms with Crippen molar-refractivity contribution < 1.29 is 9.53 Å². The van der Waals surface area contributed by atoms with Gasteiger partial charge < -0.3 is 10.5 Å². The second-order valence-electron chi connectivity index (χ2n) is 2.54. The monoisotopic (exact) mass is 213 g/mol. The van der Waals surface area contributed by atoms with Crippen LogP contribution >= 0.6 is 12.4 Å². The molecule has 1 aromatic carbocycles. The van der Waals surface area contributed by atoms with Crippen LogP contribution in [-0.2, 0) is 0 Å². The van der Waals surface area contributed by atoms with Crippen LogP contribution in [-0.4, -0.2) is 16.3 Å². The lowest BCUT2D eigenvalue weighted by Crippen LogP contribution is -2.16. The summed E-state index contributed by atoms with van der Waals surface area (Å²) >= 11 is 0. The molecule has 0 bridgehead atoms. The molecule has 1 aromatic heterocycles. The van der Waals surface area contributed by atoms with Crippen LogP contribution in [0.25, 0.3) is 10.9 Å². The molecule has 3 N–H and O–H groups in total. The van der Waals surface area contributed by atoms with Crippen molar-refractivity contribution in [1.82, 2.24) is 10.2 Å². The molecule has 1 amide bonds. The van der Waals surface area contributed by atoms with Gasteiger partial charge in [-0.1, -0.05) is 0 Å². The van der Waals surface area contributed by atoms with Gasteiger partial charge in [0.15, 0.2) is 0 Å². The van der Waals surface area contributed by atoms with E-state index in [1.165, 1.54) is 0 Å². The van der Waals surface area contributed by atoms with Crippen molar-refractivity contribution in [3.05, 3.63) is 24.4 Å². The molecule has 2 aromatic rings. The Morgan fingerprint density at radius 2 is 2.29 bits per heavy atom. The largest absolute Gasteiger partial charge is 0.410 e. The van der Waals surface area contributed by atoms with E-state index in [0.717, 1.165) is 10.9 Å². The number of nitrogens with one attached hydrogen (secondary N) is 1. The molecular formula is C8H8ClN3O2. The number of aromatic nitrogens is 2. The molecule has 0 aliphatic rings. The minimum Gasteiger partial charge on any atom is -0.410 e. The molecule has 6 heteroatoms. The number of fused-ring (bicyclic) bond motifs is 1. The number of primary amides is 1. The number of aromatic amines is 1. The molecule has 0 saturated heterocycles. The number of amides is 1. The van der Waals surface area contributed by atoms with E-state index in [1.807, 2.05) is 0 Å². The van der Waals surface area contributed by atoms with E-state index in [0.29, 0.717) is 5.75 Å². The molecule has 0 aliphatic heterocycles. The lowest BCUT2D eigenvalue weighted by molar-refractivity contribution is 0.211. The highest BCUT2D eigenvalue weighted by Gasteiger charge is 2.00. The Bertz CT molecular complexity index is 455. The van der Waals surface area contributed by atoms with E-state index in [9.17, 15) is 4.79 Å². The van der Waals surface area contributed by atoms with Crippen LogP contribution in [0.2, 0.25) is 0 Å². The molecule has 0 fully saturated rings. The number of rotatable bonds is 1. The second-order valence-corrected chi connectivity index (χ2v) is 2.54. The summed E-state index contributed by atoms with van der Waals surface area (Å²) in [4.78, 5) is 10.4. The number of nitrogens with zero attached hydrogens (tertiary/aromatic N) is 1. The number of H-pyrrole nitrogens is 1. The number of hydrogen-bond acceptors (Lipinski definition) is 3. The number of benzene rings is 1. The maximum Gasteiger partial charge on any atom is 0.409 e. The van der Waals surface area contributed by atoms with Crippen LogP contribution in [0, 0.1) is 0 Å². The van der Waals surface area contributed by atoms with Gasteiger partial charge in [0, 0.05) is 5.39 Å². The number of ether oxygens (including phenoxy) is 1. The van der Waals surface area contributed by atoms with Gasteiger partial charge in [0.25, 0.3) is 0 Å². The number of carbonyl (C=O) groups is 1. The van der Waals surface area contributed by atoms with E-state index >= 15 is 0 Å². The fraction of sp³-hybridized carbons (Fsp3) is 0. The lowest BCUT2D eigenvalue weighted by atomic mass is 10.2. The van der Waals surface area contributed by atoms with Crippen molar-refractivity contribution >= 4 is 29.4 Å². The topological polar surface area (TPSA) is 81.0 Å². The summed E-state index contributed by atoms with van der Waals surface area (Å²) in [5.41, 5.74) is 5.75. The molecule has 1 heterocycles. The Morgan fingerprint density at radius 1 is 1.50 bits per heavy atom. The van der Waals surface area contributed by atoms with Crippen molar-refractivity contribution in [2.45, 2.75) is 0 Å². The van der Waals surface area contributed by atoms with Gasteiger partial charge in [-0.3, -0.25) is 5.10 Å². The highest BCUT2D eigenvalue weighted by atomic mass is 35.5. The first-order valence-corrected chi connectivity index (χ1v) is 3.66. The van der Waals surface area contributed by atoms with E-state index < -0.39 is 6.09 Å². The third kappa shape index (κ3) is 1.94. The number of halogens is 1. The summed E-state index contributed by atoms with van der Waals surface area (Å²) in [5, 5.41) is 7.48. The fourth-order valence-corrected chi connectivity index (χ4v) is 1.10. The first-order chi connectivity index (χ1) is 6.25. The predicted molar refractivity (Wildman–Crippen MR) is 53.6 cm³/mol. The van der Waals surface area contributed by atoms with Gasteiger partial charge in [-0.25, -0.2) is 4.79 Å². The van der Waals surface area contributed by atoms with Crippen LogP contribution in [0.4, 0.5) is 4.79 Å². The number of nitrogens with two attached hydrogens (primary N) is 1. The minimum absolute atomic E-state index is 0. The maximum absolute atomic E-state index is 10.4. The summed E-state index contributed by atoms with van der Waals surface area (Å²) in [6.07, 6.45) is 0.825. The summed E-state index contributed by atoms with van der Waals surface area (Å²) in [6, 6.07) is 5.09. The van der Waals surface area contributed by atoms with Crippen LogP contribution in [0.3, 0.4) is 0 Å². The molecule has 0 radical (unpaired) electrons. The normalized spacial score (nSPS) is 9.43. The van der Waals surface area contributed by atoms with Crippen LogP contribution in [0.1, 0.15) is 0 Å². The Kier molecular flexibility index (Phi) is 2.93. The maximum atomic E-state index is 10.4. The van der Waals surface area contributed by atoms with Crippen molar-refractivity contribution in [2.75, 3.05) is 0 Å². The molecular weight excluding hydrogens is 206 g/mol. The average Bonchev–Trinajstić information content (AvgIpc) is 2.49. The van der Waals surface area contributed by atoms with E-state index in [2.05, 4.69) is 14.9 Å². The van der Waals surface area contributed by atoms with Gasteiger partial charge in [-0.15, -0.1) is 12.4 Å². The Morgan fingerprint density at radius 3 is 3.00 bits per heavy atom. The molecule has 0 unspecified atom stereocenters. The molecule has 2 rings (SSSR count). The molecule has 74 valence electrons. The van der Waals surface area contributed by atoms with E-state index in [4.69, 9.17) is 5.73 Å². The Balaban J connectivity index is 0.000000980. The lowest BCUT2D eigenvalue weighted by Gasteiger charge is -1.98. The number of hydrogen-bond donors (Lipinski definition) is 2. The van der Waals surface area contributed by atoms with Crippen molar-refractivity contribution in [2.24, 2.45) is 5.73 Å². The molecule has 14 heavy (non-hydrogen) atoms. The van der Waals surface area contributed by atoms with E-state index in [1.54, 1.807) is 24.4 Å². The van der Waals surface area contributed by atoms with Gasteiger partial charge in [0.2, 0.25) is 0 Å².